The molecule has 1 saturated heterocycles. The van der Waals surface area contributed by atoms with Crippen LogP contribution in [0, 0.1) is 12.8 Å². The molecule has 5 nitrogen and oxygen atoms in total. The molecule has 7 heteroatoms. The average Bonchev–Trinajstić information content (AvgIpc) is 2.87. The van der Waals surface area contributed by atoms with Gasteiger partial charge in [-0.05, 0) is 30.2 Å². The molecular weight excluding hydrogens is 284 g/mol. The van der Waals surface area contributed by atoms with Crippen molar-refractivity contribution in [3.8, 4) is 0 Å². The number of hydrogen-bond donors (Lipinski definition) is 0. The zero-order valence-electron chi connectivity index (χ0n) is 10.5. The van der Waals surface area contributed by atoms with E-state index >= 15 is 0 Å². The van der Waals surface area contributed by atoms with Crippen molar-refractivity contribution in [1.29, 1.82) is 0 Å². The Hall–Kier alpha value is -1.21. The van der Waals surface area contributed by atoms with E-state index in [0.29, 0.717) is 18.4 Å². The Bertz CT molecular complexity index is 789. The van der Waals surface area contributed by atoms with E-state index in [1.54, 1.807) is 4.57 Å². The number of fused-ring (bicyclic) bond motifs is 1. The van der Waals surface area contributed by atoms with E-state index in [1.807, 2.05) is 12.3 Å². The maximum atomic E-state index is 12.3. The summed E-state index contributed by atoms with van der Waals surface area (Å²) in [5, 5.41) is 2.58. The van der Waals surface area contributed by atoms with Crippen LogP contribution in [0.15, 0.2) is 16.5 Å². The second kappa shape index (κ2) is 4.42. The standard InChI is InChI=1S/C12H14N2O3S2/c1-8-5-18-11-10(8)12(15)14(7-13-11)4-9-2-3-19(16,17)6-9/h5,7,9H,2-4,6H2,1H3. The van der Waals surface area contributed by atoms with Crippen LogP contribution in [0.2, 0.25) is 0 Å². The molecule has 1 unspecified atom stereocenters. The van der Waals surface area contributed by atoms with Crippen LogP contribution >= 0.6 is 11.3 Å². The highest BCUT2D eigenvalue weighted by Gasteiger charge is 2.28. The normalized spacial score (nSPS) is 22.1. The van der Waals surface area contributed by atoms with E-state index in [1.165, 1.54) is 17.7 Å². The van der Waals surface area contributed by atoms with Crippen LogP contribution < -0.4 is 5.56 Å². The first kappa shape index (κ1) is 12.8. The largest absolute Gasteiger partial charge is 0.298 e. The third-order valence-electron chi connectivity index (χ3n) is 3.53. The first-order chi connectivity index (χ1) is 8.96. The Morgan fingerprint density at radius 1 is 1.53 bits per heavy atom. The van der Waals surface area contributed by atoms with Gasteiger partial charge in [-0.15, -0.1) is 11.3 Å². The molecule has 1 fully saturated rings. The first-order valence-electron chi connectivity index (χ1n) is 6.10. The molecule has 1 aliphatic rings. The molecule has 0 bridgehead atoms. The Morgan fingerprint density at radius 3 is 3.00 bits per heavy atom. The van der Waals surface area contributed by atoms with Crippen LogP contribution in [0.5, 0.6) is 0 Å². The van der Waals surface area contributed by atoms with Crippen molar-refractivity contribution < 1.29 is 8.42 Å². The molecule has 0 saturated carbocycles. The Labute approximate surface area is 114 Å². The van der Waals surface area contributed by atoms with Crippen LogP contribution in [0.25, 0.3) is 10.2 Å². The summed E-state index contributed by atoms with van der Waals surface area (Å²) < 4.78 is 24.4. The van der Waals surface area contributed by atoms with Gasteiger partial charge in [-0.1, -0.05) is 0 Å². The van der Waals surface area contributed by atoms with Crippen molar-refractivity contribution in [2.24, 2.45) is 5.92 Å². The van der Waals surface area contributed by atoms with E-state index in [4.69, 9.17) is 0 Å². The lowest BCUT2D eigenvalue weighted by Gasteiger charge is -2.10. The molecule has 0 aromatic carbocycles. The lowest BCUT2D eigenvalue weighted by atomic mass is 10.1. The third-order valence-corrected chi connectivity index (χ3v) is 6.37. The Morgan fingerprint density at radius 2 is 2.32 bits per heavy atom. The molecule has 0 spiro atoms. The van der Waals surface area contributed by atoms with Crippen LogP contribution in [0.3, 0.4) is 0 Å². The maximum Gasteiger partial charge on any atom is 0.262 e. The highest BCUT2D eigenvalue weighted by molar-refractivity contribution is 7.91. The fraction of sp³-hybridized carbons (Fsp3) is 0.500. The molecule has 0 amide bonds. The number of aromatic nitrogens is 2. The van der Waals surface area contributed by atoms with Crippen molar-refractivity contribution in [2.45, 2.75) is 19.9 Å². The predicted octanol–water partition coefficient (Wildman–Crippen LogP) is 1.20. The molecule has 0 radical (unpaired) electrons. The van der Waals surface area contributed by atoms with E-state index in [0.717, 1.165) is 10.4 Å². The quantitative estimate of drug-likeness (QED) is 0.835. The van der Waals surface area contributed by atoms with Crippen LogP contribution in [0.1, 0.15) is 12.0 Å². The fourth-order valence-corrected chi connectivity index (χ4v) is 5.26. The minimum Gasteiger partial charge on any atom is -0.298 e. The second-order valence-electron chi connectivity index (χ2n) is 5.07. The summed E-state index contributed by atoms with van der Waals surface area (Å²) in [4.78, 5) is 17.4. The number of thiophene rings is 1. The Balaban J connectivity index is 1.96. The molecule has 2 aromatic heterocycles. The van der Waals surface area contributed by atoms with Gasteiger partial charge in [0, 0.05) is 6.54 Å². The molecule has 3 heterocycles. The smallest absolute Gasteiger partial charge is 0.262 e. The molecule has 102 valence electrons. The van der Waals surface area contributed by atoms with E-state index in [9.17, 15) is 13.2 Å². The van der Waals surface area contributed by atoms with Gasteiger partial charge in [0.15, 0.2) is 9.84 Å². The fourth-order valence-electron chi connectivity index (χ4n) is 2.53. The highest BCUT2D eigenvalue weighted by Crippen LogP contribution is 2.22. The molecule has 0 aliphatic carbocycles. The molecule has 1 atom stereocenters. The highest BCUT2D eigenvalue weighted by atomic mass is 32.2. The number of hydrogen-bond acceptors (Lipinski definition) is 5. The molecule has 3 rings (SSSR count). The van der Waals surface area contributed by atoms with Gasteiger partial charge in [-0.25, -0.2) is 13.4 Å². The van der Waals surface area contributed by atoms with Crippen LogP contribution in [0.4, 0.5) is 0 Å². The van der Waals surface area contributed by atoms with Gasteiger partial charge in [0.05, 0.1) is 23.2 Å². The van der Waals surface area contributed by atoms with Crippen LogP contribution in [-0.4, -0.2) is 29.5 Å². The molecule has 19 heavy (non-hydrogen) atoms. The van der Waals surface area contributed by atoms with Crippen molar-refractivity contribution in [1.82, 2.24) is 9.55 Å². The van der Waals surface area contributed by atoms with Crippen molar-refractivity contribution in [3.63, 3.8) is 0 Å². The summed E-state index contributed by atoms with van der Waals surface area (Å²) in [5.41, 5.74) is 0.874. The summed E-state index contributed by atoms with van der Waals surface area (Å²) in [6, 6.07) is 0. The number of aryl methyl sites for hydroxylation is 1. The van der Waals surface area contributed by atoms with Gasteiger partial charge in [-0.3, -0.25) is 9.36 Å². The second-order valence-corrected chi connectivity index (χ2v) is 8.16. The Kier molecular flexibility index (Phi) is 2.98. The van der Waals surface area contributed by atoms with Gasteiger partial charge in [0.25, 0.3) is 5.56 Å². The first-order valence-corrected chi connectivity index (χ1v) is 8.80. The average molecular weight is 298 g/mol. The lowest BCUT2D eigenvalue weighted by molar-refractivity contribution is 0.479. The lowest BCUT2D eigenvalue weighted by Crippen LogP contribution is -2.25. The van der Waals surface area contributed by atoms with Gasteiger partial charge < -0.3 is 0 Å². The summed E-state index contributed by atoms with van der Waals surface area (Å²) in [5.74, 6) is 0.445. The zero-order valence-corrected chi connectivity index (χ0v) is 12.1. The monoisotopic (exact) mass is 298 g/mol. The molecule has 2 aromatic rings. The van der Waals surface area contributed by atoms with Gasteiger partial charge >= 0.3 is 0 Å². The summed E-state index contributed by atoms with van der Waals surface area (Å²) in [6.07, 6.45) is 2.17. The third kappa shape index (κ3) is 2.32. The SMILES string of the molecule is Cc1csc2ncn(CC3CCS(=O)(=O)C3)c(=O)c12. The zero-order chi connectivity index (χ0) is 13.6. The summed E-state index contributed by atoms with van der Waals surface area (Å²) >= 11 is 1.46. The minimum absolute atomic E-state index is 0.0286. The van der Waals surface area contributed by atoms with Gasteiger partial charge in [-0.2, -0.15) is 0 Å². The van der Waals surface area contributed by atoms with Gasteiger partial charge in [0.2, 0.25) is 0 Å². The summed E-state index contributed by atoms with van der Waals surface area (Å²) in [6.45, 7) is 2.34. The molecule has 0 N–H and O–H groups in total. The van der Waals surface area contributed by atoms with Crippen molar-refractivity contribution in [2.75, 3.05) is 11.5 Å². The van der Waals surface area contributed by atoms with Crippen molar-refractivity contribution in [3.05, 3.63) is 27.6 Å². The van der Waals surface area contributed by atoms with E-state index < -0.39 is 9.84 Å². The number of sulfone groups is 1. The van der Waals surface area contributed by atoms with Gasteiger partial charge in [0.1, 0.15) is 4.83 Å². The predicted molar refractivity (Wildman–Crippen MR) is 75.4 cm³/mol. The maximum absolute atomic E-state index is 12.3. The molecule has 1 aliphatic heterocycles. The minimum atomic E-state index is -2.90. The number of rotatable bonds is 2. The molecular formula is C12H14N2O3S2. The van der Waals surface area contributed by atoms with Crippen molar-refractivity contribution >= 4 is 31.4 Å². The number of nitrogens with zero attached hydrogens (tertiary/aromatic N) is 2. The summed E-state index contributed by atoms with van der Waals surface area (Å²) in [7, 11) is -2.90. The topological polar surface area (TPSA) is 69.0 Å². The van der Waals surface area contributed by atoms with E-state index in [2.05, 4.69) is 4.98 Å². The van der Waals surface area contributed by atoms with E-state index in [-0.39, 0.29) is 23.0 Å². The van der Waals surface area contributed by atoms with Crippen LogP contribution in [-0.2, 0) is 16.4 Å².